The maximum atomic E-state index is 13.8. The van der Waals surface area contributed by atoms with E-state index >= 15 is 0 Å². The number of imidazole rings is 1. The third-order valence-corrected chi connectivity index (χ3v) is 8.41. The van der Waals surface area contributed by atoms with E-state index in [1.165, 1.54) is 41.0 Å². The number of nitrogens with zero attached hydrogens (tertiary/aromatic N) is 5. The van der Waals surface area contributed by atoms with E-state index in [2.05, 4.69) is 4.98 Å². The molecule has 1 amide bonds. The van der Waals surface area contributed by atoms with Gasteiger partial charge in [-0.2, -0.15) is 25.9 Å². The Labute approximate surface area is 196 Å². The number of fused-ring (bicyclic) bond motifs is 1. The van der Waals surface area contributed by atoms with Gasteiger partial charge in [0.25, 0.3) is 0 Å². The summed E-state index contributed by atoms with van der Waals surface area (Å²) in [5, 5.41) is 0. The first-order valence-electron chi connectivity index (χ1n) is 11.1. The van der Waals surface area contributed by atoms with E-state index < -0.39 is 22.2 Å². The highest BCUT2D eigenvalue weighted by molar-refractivity contribution is 7.90. The molecule has 4 rings (SSSR count). The number of ether oxygens (including phenoxy) is 1. The first-order chi connectivity index (χ1) is 16.0. The molecule has 0 bridgehead atoms. The van der Waals surface area contributed by atoms with Crippen LogP contribution in [-0.2, 0) is 32.5 Å². The molecule has 2 aliphatic rings. The van der Waals surface area contributed by atoms with E-state index in [0.29, 0.717) is 31.6 Å². The van der Waals surface area contributed by atoms with E-state index in [4.69, 9.17) is 4.74 Å². The van der Waals surface area contributed by atoms with Crippen molar-refractivity contribution >= 4 is 32.8 Å². The van der Waals surface area contributed by atoms with Crippen LogP contribution < -0.4 is 4.31 Å². The standard InChI is InChI=1S/C21H28F3N5O4S/c1-15(30)27-7-9-28(10-8-27)34(31,32)26(2)17-3-4-19-18(13-17)25-20(21(22,23)24)29(19)14-16-5-11-33-12-6-16/h3-4,13,16H,5-12,14H2,1-2H3. The molecule has 1 aromatic heterocycles. The van der Waals surface area contributed by atoms with Gasteiger partial charge in [-0.25, -0.2) is 4.98 Å². The van der Waals surface area contributed by atoms with Crippen LogP contribution in [0.3, 0.4) is 0 Å². The number of anilines is 1. The molecule has 34 heavy (non-hydrogen) atoms. The fourth-order valence-corrected chi connectivity index (χ4v) is 5.79. The maximum absolute atomic E-state index is 13.8. The number of amides is 1. The number of benzene rings is 1. The molecule has 0 N–H and O–H groups in total. The zero-order chi connectivity index (χ0) is 24.7. The molecule has 13 heteroatoms. The largest absolute Gasteiger partial charge is 0.449 e. The van der Waals surface area contributed by atoms with E-state index in [1.54, 1.807) is 4.90 Å². The fraction of sp³-hybridized carbons (Fsp3) is 0.619. The summed E-state index contributed by atoms with van der Waals surface area (Å²) in [5.41, 5.74) is 0.606. The second-order valence-corrected chi connectivity index (χ2v) is 10.6. The van der Waals surface area contributed by atoms with Crippen molar-refractivity contribution in [3.8, 4) is 0 Å². The lowest BCUT2D eigenvalue weighted by Crippen LogP contribution is -2.53. The van der Waals surface area contributed by atoms with E-state index in [0.717, 1.165) is 4.31 Å². The normalized spacial score (nSPS) is 19.0. The molecule has 3 heterocycles. The van der Waals surface area contributed by atoms with Gasteiger partial charge in [-0.1, -0.05) is 0 Å². The monoisotopic (exact) mass is 503 g/mol. The number of piperazine rings is 1. The molecule has 2 fully saturated rings. The molecule has 2 saturated heterocycles. The molecule has 2 aromatic rings. The first kappa shape index (κ1) is 24.7. The molecule has 0 aliphatic carbocycles. The minimum Gasteiger partial charge on any atom is -0.381 e. The highest BCUT2D eigenvalue weighted by atomic mass is 32.2. The average Bonchev–Trinajstić information content (AvgIpc) is 3.17. The number of aromatic nitrogens is 2. The Morgan fingerprint density at radius 3 is 2.41 bits per heavy atom. The quantitative estimate of drug-likeness (QED) is 0.625. The lowest BCUT2D eigenvalue weighted by Gasteiger charge is -2.35. The molecular formula is C21H28F3N5O4S. The summed E-state index contributed by atoms with van der Waals surface area (Å²) in [7, 11) is -2.57. The number of halogens is 3. The van der Waals surface area contributed by atoms with Crippen LogP contribution in [0.4, 0.5) is 18.9 Å². The Morgan fingerprint density at radius 1 is 1.18 bits per heavy atom. The van der Waals surface area contributed by atoms with Gasteiger partial charge >= 0.3 is 16.4 Å². The number of alkyl halides is 3. The molecular weight excluding hydrogens is 475 g/mol. The highest BCUT2D eigenvalue weighted by Crippen LogP contribution is 2.34. The van der Waals surface area contributed by atoms with Gasteiger partial charge in [0, 0.05) is 59.9 Å². The smallest absolute Gasteiger partial charge is 0.381 e. The van der Waals surface area contributed by atoms with Gasteiger partial charge in [-0.05, 0) is 37.0 Å². The van der Waals surface area contributed by atoms with Crippen LogP contribution in [0.25, 0.3) is 11.0 Å². The number of carbonyl (C=O) groups is 1. The van der Waals surface area contributed by atoms with Gasteiger partial charge in [0.15, 0.2) is 0 Å². The number of carbonyl (C=O) groups excluding carboxylic acids is 1. The minimum absolute atomic E-state index is 0.0450. The SMILES string of the molecule is CC(=O)N1CCN(S(=O)(=O)N(C)c2ccc3c(c2)nc(C(F)(F)F)n3CC2CCOCC2)CC1. The topological polar surface area (TPSA) is 88.0 Å². The van der Waals surface area contributed by atoms with Crippen LogP contribution in [0.1, 0.15) is 25.6 Å². The average molecular weight is 504 g/mol. The van der Waals surface area contributed by atoms with Crippen molar-refractivity contribution in [2.45, 2.75) is 32.5 Å². The van der Waals surface area contributed by atoms with Crippen LogP contribution >= 0.6 is 0 Å². The van der Waals surface area contributed by atoms with Gasteiger partial charge in [-0.15, -0.1) is 0 Å². The summed E-state index contributed by atoms with van der Waals surface area (Å²) in [6.07, 6.45) is -3.29. The Hall–Kier alpha value is -2.38. The van der Waals surface area contributed by atoms with Crippen molar-refractivity contribution in [3.63, 3.8) is 0 Å². The minimum atomic E-state index is -4.64. The van der Waals surface area contributed by atoms with Crippen molar-refractivity contribution in [2.24, 2.45) is 5.92 Å². The molecule has 1 aromatic carbocycles. The maximum Gasteiger partial charge on any atom is 0.449 e. The Balaban J connectivity index is 1.62. The van der Waals surface area contributed by atoms with Gasteiger partial charge in [0.1, 0.15) is 0 Å². The van der Waals surface area contributed by atoms with Crippen molar-refractivity contribution < 1.29 is 31.1 Å². The fourth-order valence-electron chi connectivity index (χ4n) is 4.44. The third-order valence-electron chi connectivity index (χ3n) is 6.49. The van der Waals surface area contributed by atoms with Crippen molar-refractivity contribution in [2.75, 3.05) is 50.7 Å². The predicted molar refractivity (Wildman–Crippen MR) is 119 cm³/mol. The summed E-state index contributed by atoms with van der Waals surface area (Å²) in [5.74, 6) is -1.06. The van der Waals surface area contributed by atoms with Crippen molar-refractivity contribution in [1.29, 1.82) is 0 Å². The van der Waals surface area contributed by atoms with Crippen molar-refractivity contribution in [1.82, 2.24) is 18.8 Å². The highest BCUT2D eigenvalue weighted by Gasteiger charge is 2.38. The van der Waals surface area contributed by atoms with Crippen LogP contribution in [0.15, 0.2) is 18.2 Å². The Kier molecular flexibility index (Phi) is 6.80. The molecule has 0 radical (unpaired) electrons. The van der Waals surface area contributed by atoms with Gasteiger partial charge < -0.3 is 14.2 Å². The first-order valence-corrected chi connectivity index (χ1v) is 12.5. The van der Waals surface area contributed by atoms with Crippen LogP contribution in [-0.4, -0.2) is 79.5 Å². The third kappa shape index (κ3) is 4.86. The molecule has 9 nitrogen and oxygen atoms in total. The lowest BCUT2D eigenvalue weighted by atomic mass is 10.0. The van der Waals surface area contributed by atoms with E-state index in [1.807, 2.05) is 0 Å². The Bertz CT molecular complexity index is 1150. The number of rotatable bonds is 5. The van der Waals surface area contributed by atoms with E-state index in [-0.39, 0.29) is 55.8 Å². The van der Waals surface area contributed by atoms with Gasteiger partial charge in [0.2, 0.25) is 11.7 Å². The molecule has 0 spiro atoms. The van der Waals surface area contributed by atoms with E-state index in [9.17, 15) is 26.4 Å². The molecule has 0 unspecified atom stereocenters. The Morgan fingerprint density at radius 2 is 1.82 bits per heavy atom. The number of hydrogen-bond acceptors (Lipinski definition) is 5. The second-order valence-electron chi connectivity index (χ2n) is 8.65. The predicted octanol–water partition coefficient (Wildman–Crippen LogP) is 2.33. The summed E-state index contributed by atoms with van der Waals surface area (Å²) in [6.45, 7) is 3.50. The van der Waals surface area contributed by atoms with Gasteiger partial charge in [0.05, 0.1) is 16.7 Å². The summed E-state index contributed by atoms with van der Waals surface area (Å²) < 4.78 is 76.4. The van der Waals surface area contributed by atoms with Crippen LogP contribution in [0, 0.1) is 5.92 Å². The molecule has 2 aliphatic heterocycles. The van der Waals surface area contributed by atoms with Crippen molar-refractivity contribution in [3.05, 3.63) is 24.0 Å². The molecule has 0 atom stereocenters. The van der Waals surface area contributed by atoms with Crippen LogP contribution in [0.2, 0.25) is 0 Å². The lowest BCUT2D eigenvalue weighted by molar-refractivity contribution is -0.147. The molecule has 0 saturated carbocycles. The zero-order valence-corrected chi connectivity index (χ0v) is 19.9. The summed E-state index contributed by atoms with van der Waals surface area (Å²) in [4.78, 5) is 16.9. The van der Waals surface area contributed by atoms with Crippen LogP contribution in [0.5, 0.6) is 0 Å². The van der Waals surface area contributed by atoms with Gasteiger partial charge in [-0.3, -0.25) is 9.10 Å². The second kappa shape index (κ2) is 9.34. The molecule has 188 valence electrons. The zero-order valence-electron chi connectivity index (χ0n) is 19.1. The summed E-state index contributed by atoms with van der Waals surface area (Å²) >= 11 is 0. The summed E-state index contributed by atoms with van der Waals surface area (Å²) in [6, 6.07) is 4.36. The number of hydrogen-bond donors (Lipinski definition) is 0.